The van der Waals surface area contributed by atoms with E-state index in [9.17, 15) is 18.4 Å². The van der Waals surface area contributed by atoms with E-state index in [1.54, 1.807) is 13.0 Å². The first-order chi connectivity index (χ1) is 12.3. The standard InChI is InChI=1S/C19H20F2N2O2S/c1-12-4-3-5-15(8-12)23-19(25)11-26-10-18(24)22-13(2)14-6-7-16(20)17(21)9-14/h3-9,13H,10-11H2,1-2H3,(H,22,24)(H,23,25). The van der Waals surface area contributed by atoms with Gasteiger partial charge in [0.15, 0.2) is 11.6 Å². The predicted octanol–water partition coefficient (Wildman–Crippen LogP) is 3.82. The summed E-state index contributed by atoms with van der Waals surface area (Å²) in [5.41, 5.74) is 2.23. The molecular weight excluding hydrogens is 358 g/mol. The van der Waals surface area contributed by atoms with Crippen molar-refractivity contribution >= 4 is 29.3 Å². The molecule has 0 saturated heterocycles. The van der Waals surface area contributed by atoms with Gasteiger partial charge in [0.2, 0.25) is 11.8 Å². The van der Waals surface area contributed by atoms with Gasteiger partial charge < -0.3 is 10.6 Å². The van der Waals surface area contributed by atoms with Crippen molar-refractivity contribution in [2.75, 3.05) is 16.8 Å². The van der Waals surface area contributed by atoms with Crippen LogP contribution in [0.4, 0.5) is 14.5 Å². The first-order valence-corrected chi connectivity index (χ1v) is 9.19. The first-order valence-electron chi connectivity index (χ1n) is 8.03. The van der Waals surface area contributed by atoms with E-state index in [0.717, 1.165) is 17.7 Å². The third kappa shape index (κ3) is 6.15. The zero-order chi connectivity index (χ0) is 19.1. The Hall–Kier alpha value is -2.41. The SMILES string of the molecule is Cc1cccc(NC(=O)CSCC(=O)NC(C)c2ccc(F)c(F)c2)c1. The van der Waals surface area contributed by atoms with Gasteiger partial charge in [-0.1, -0.05) is 18.2 Å². The first kappa shape index (κ1) is 19.9. The van der Waals surface area contributed by atoms with Gasteiger partial charge in [-0.15, -0.1) is 11.8 Å². The number of benzene rings is 2. The van der Waals surface area contributed by atoms with Gasteiger partial charge in [0.1, 0.15) is 0 Å². The number of nitrogens with one attached hydrogen (secondary N) is 2. The fraction of sp³-hybridized carbons (Fsp3) is 0.263. The number of carbonyl (C=O) groups excluding carboxylic acids is 2. The summed E-state index contributed by atoms with van der Waals surface area (Å²) in [6, 6.07) is 10.5. The zero-order valence-electron chi connectivity index (χ0n) is 14.5. The fourth-order valence-corrected chi connectivity index (χ4v) is 2.93. The maximum atomic E-state index is 13.2. The number of hydrogen-bond donors (Lipinski definition) is 2. The van der Waals surface area contributed by atoms with Crippen LogP contribution in [0, 0.1) is 18.6 Å². The average molecular weight is 378 g/mol. The van der Waals surface area contributed by atoms with E-state index >= 15 is 0 Å². The van der Waals surface area contributed by atoms with Crippen molar-refractivity contribution in [2.45, 2.75) is 19.9 Å². The smallest absolute Gasteiger partial charge is 0.234 e. The van der Waals surface area contributed by atoms with Crippen LogP contribution in [0.3, 0.4) is 0 Å². The van der Waals surface area contributed by atoms with Crippen LogP contribution in [0.25, 0.3) is 0 Å². The van der Waals surface area contributed by atoms with Crippen molar-refractivity contribution in [1.82, 2.24) is 5.32 Å². The highest BCUT2D eigenvalue weighted by Gasteiger charge is 2.13. The van der Waals surface area contributed by atoms with E-state index in [1.165, 1.54) is 17.8 Å². The van der Waals surface area contributed by atoms with E-state index in [4.69, 9.17) is 0 Å². The normalized spacial score (nSPS) is 11.7. The molecule has 0 aromatic heterocycles. The van der Waals surface area contributed by atoms with Crippen LogP contribution in [0.15, 0.2) is 42.5 Å². The molecular formula is C19H20F2N2O2S. The Labute approximate surface area is 155 Å². The number of rotatable bonds is 7. The van der Waals surface area contributed by atoms with Crippen LogP contribution in [0.5, 0.6) is 0 Å². The van der Waals surface area contributed by atoms with Gasteiger partial charge in [0.05, 0.1) is 17.5 Å². The second-order valence-corrected chi connectivity index (χ2v) is 6.86. The Morgan fingerprint density at radius 3 is 2.46 bits per heavy atom. The van der Waals surface area contributed by atoms with E-state index < -0.39 is 17.7 Å². The van der Waals surface area contributed by atoms with E-state index in [2.05, 4.69) is 10.6 Å². The minimum atomic E-state index is -0.953. The van der Waals surface area contributed by atoms with E-state index in [1.807, 2.05) is 25.1 Å². The molecule has 2 aromatic carbocycles. The molecule has 2 aromatic rings. The summed E-state index contributed by atoms with van der Waals surface area (Å²) < 4.78 is 26.2. The molecule has 138 valence electrons. The van der Waals surface area contributed by atoms with Crippen molar-refractivity contribution in [2.24, 2.45) is 0 Å². The molecule has 0 radical (unpaired) electrons. The highest BCUT2D eigenvalue weighted by atomic mass is 32.2. The monoisotopic (exact) mass is 378 g/mol. The number of anilines is 1. The molecule has 0 spiro atoms. The number of halogens is 2. The number of amides is 2. The van der Waals surface area contributed by atoms with Crippen LogP contribution >= 0.6 is 11.8 Å². The lowest BCUT2D eigenvalue weighted by Gasteiger charge is -2.14. The van der Waals surface area contributed by atoms with Gasteiger partial charge >= 0.3 is 0 Å². The summed E-state index contributed by atoms with van der Waals surface area (Å²) in [7, 11) is 0. The third-order valence-electron chi connectivity index (χ3n) is 3.59. The van der Waals surface area contributed by atoms with Crippen molar-refractivity contribution < 1.29 is 18.4 Å². The lowest BCUT2D eigenvalue weighted by Crippen LogP contribution is -2.29. The van der Waals surface area contributed by atoms with Crippen LogP contribution in [0.1, 0.15) is 24.1 Å². The largest absolute Gasteiger partial charge is 0.349 e. The van der Waals surface area contributed by atoms with Crippen molar-refractivity contribution in [3.63, 3.8) is 0 Å². The summed E-state index contributed by atoms with van der Waals surface area (Å²) in [6.45, 7) is 3.61. The van der Waals surface area contributed by atoms with Gasteiger partial charge in [-0.2, -0.15) is 0 Å². The second kappa shape index (κ2) is 9.33. The third-order valence-corrected chi connectivity index (χ3v) is 4.52. The number of thioether (sulfide) groups is 1. The van der Waals surface area contributed by atoms with Crippen LogP contribution in [-0.2, 0) is 9.59 Å². The molecule has 26 heavy (non-hydrogen) atoms. The van der Waals surface area contributed by atoms with Crippen molar-refractivity contribution in [3.05, 3.63) is 65.2 Å². The summed E-state index contributed by atoms with van der Waals surface area (Å²) >= 11 is 1.18. The molecule has 7 heteroatoms. The maximum Gasteiger partial charge on any atom is 0.234 e. The Bertz CT molecular complexity index is 799. The van der Waals surface area contributed by atoms with Crippen LogP contribution in [-0.4, -0.2) is 23.3 Å². The summed E-state index contributed by atoms with van der Waals surface area (Å²) in [5, 5.41) is 5.46. The quantitative estimate of drug-likeness (QED) is 0.770. The zero-order valence-corrected chi connectivity index (χ0v) is 15.3. The minimum absolute atomic E-state index is 0.0925. The van der Waals surface area contributed by atoms with Gasteiger partial charge in [0.25, 0.3) is 0 Å². The molecule has 0 heterocycles. The Morgan fingerprint density at radius 1 is 1.04 bits per heavy atom. The highest BCUT2D eigenvalue weighted by molar-refractivity contribution is 8.00. The molecule has 1 unspecified atom stereocenters. The summed E-state index contributed by atoms with van der Waals surface area (Å²) in [4.78, 5) is 23.8. The van der Waals surface area contributed by atoms with Crippen molar-refractivity contribution in [1.29, 1.82) is 0 Å². The summed E-state index contributed by atoms with van der Waals surface area (Å²) in [6.07, 6.45) is 0. The highest BCUT2D eigenvalue weighted by Crippen LogP contribution is 2.16. The topological polar surface area (TPSA) is 58.2 Å². The van der Waals surface area contributed by atoms with Crippen LogP contribution < -0.4 is 10.6 Å². The maximum absolute atomic E-state index is 13.2. The molecule has 0 saturated carbocycles. The van der Waals surface area contributed by atoms with Gasteiger partial charge in [-0.05, 0) is 49.2 Å². The number of carbonyl (C=O) groups is 2. The molecule has 1 atom stereocenters. The number of aryl methyl sites for hydroxylation is 1. The second-order valence-electron chi connectivity index (χ2n) is 5.87. The molecule has 2 N–H and O–H groups in total. The van der Waals surface area contributed by atoms with Crippen molar-refractivity contribution in [3.8, 4) is 0 Å². The molecule has 2 rings (SSSR count). The molecule has 0 fully saturated rings. The molecule has 0 aliphatic carbocycles. The van der Waals surface area contributed by atoms with E-state index in [0.29, 0.717) is 11.3 Å². The summed E-state index contributed by atoms with van der Waals surface area (Å²) in [5.74, 6) is -2.12. The van der Waals surface area contributed by atoms with E-state index in [-0.39, 0.29) is 23.3 Å². The van der Waals surface area contributed by atoms with Crippen LogP contribution in [0.2, 0.25) is 0 Å². The Kier molecular flexibility index (Phi) is 7.15. The number of hydrogen-bond acceptors (Lipinski definition) is 3. The van der Waals surface area contributed by atoms with Gasteiger partial charge in [-0.3, -0.25) is 9.59 Å². The predicted molar refractivity (Wildman–Crippen MR) is 100 cm³/mol. The average Bonchev–Trinajstić information content (AvgIpc) is 2.57. The molecule has 0 bridgehead atoms. The lowest BCUT2D eigenvalue weighted by molar-refractivity contribution is -0.119. The van der Waals surface area contributed by atoms with Gasteiger partial charge in [0, 0.05) is 5.69 Å². The molecule has 0 aliphatic heterocycles. The van der Waals surface area contributed by atoms with Gasteiger partial charge in [-0.25, -0.2) is 8.78 Å². The Balaban J connectivity index is 1.74. The Morgan fingerprint density at radius 2 is 1.77 bits per heavy atom. The lowest BCUT2D eigenvalue weighted by atomic mass is 10.1. The molecule has 4 nitrogen and oxygen atoms in total. The minimum Gasteiger partial charge on any atom is -0.349 e. The fourth-order valence-electron chi connectivity index (χ4n) is 2.30. The molecule has 0 aliphatic rings. The molecule has 2 amide bonds.